The lowest BCUT2D eigenvalue weighted by molar-refractivity contribution is 0.102. The van der Waals surface area contributed by atoms with Crippen molar-refractivity contribution < 1.29 is 4.79 Å². The van der Waals surface area contributed by atoms with E-state index in [2.05, 4.69) is 0 Å². The van der Waals surface area contributed by atoms with Gasteiger partial charge in [-0.1, -0.05) is 41.4 Å². The predicted molar refractivity (Wildman–Crippen MR) is 82.4 cm³/mol. The molecule has 0 bridgehead atoms. The van der Waals surface area contributed by atoms with Crippen molar-refractivity contribution in [2.75, 3.05) is 11.5 Å². The monoisotopic (exact) mass is 311 g/mol. The Morgan fingerprint density at radius 1 is 1.16 bits per heavy atom. The van der Waals surface area contributed by atoms with Crippen molar-refractivity contribution in [2.24, 2.45) is 0 Å². The van der Waals surface area contributed by atoms with Crippen LogP contribution in [-0.2, 0) is 0 Å². The van der Waals surface area contributed by atoms with Gasteiger partial charge in [-0.15, -0.1) is 11.8 Å². The molecule has 5 heteroatoms. The lowest BCUT2D eigenvalue weighted by atomic mass is 10.1. The number of benzene rings is 2. The number of carbonyl (C=O) groups excluding carboxylic acids is 1. The van der Waals surface area contributed by atoms with Crippen molar-refractivity contribution in [2.45, 2.75) is 4.90 Å². The van der Waals surface area contributed by atoms with E-state index in [1.165, 1.54) is 11.8 Å². The Labute approximate surface area is 125 Å². The number of halogens is 2. The van der Waals surface area contributed by atoms with Crippen LogP contribution in [-0.4, -0.2) is 11.5 Å². The number of thioether (sulfide) groups is 1. The quantitative estimate of drug-likeness (QED) is 0.511. The summed E-state index contributed by atoms with van der Waals surface area (Å²) in [6, 6.07) is 12.3. The van der Waals surface area contributed by atoms with Gasteiger partial charge in [-0.25, -0.2) is 0 Å². The van der Waals surface area contributed by atoms with Crippen LogP contribution in [0.25, 0.3) is 0 Å². The fourth-order valence-electron chi connectivity index (χ4n) is 1.53. The first-order valence-electron chi connectivity index (χ1n) is 5.53. The highest BCUT2D eigenvalue weighted by Gasteiger charge is 2.10. The smallest absolute Gasteiger partial charge is 0.173 e. The van der Waals surface area contributed by atoms with Gasteiger partial charge in [0.15, 0.2) is 5.78 Å². The molecule has 0 unspecified atom stereocenters. The van der Waals surface area contributed by atoms with Crippen molar-refractivity contribution in [1.82, 2.24) is 0 Å². The average molecular weight is 312 g/mol. The maximum Gasteiger partial charge on any atom is 0.173 e. The van der Waals surface area contributed by atoms with E-state index in [-0.39, 0.29) is 5.78 Å². The zero-order chi connectivity index (χ0) is 13.8. The summed E-state index contributed by atoms with van der Waals surface area (Å²) in [5.41, 5.74) is 6.83. The molecule has 0 atom stereocenters. The number of nitrogen functional groups attached to an aromatic ring is 1. The molecule has 0 aliphatic rings. The minimum absolute atomic E-state index is 0.00772. The summed E-state index contributed by atoms with van der Waals surface area (Å²) in [5, 5.41) is 0.970. The summed E-state index contributed by atoms with van der Waals surface area (Å²) in [5.74, 6) is 0.303. The molecule has 0 heterocycles. The Morgan fingerprint density at radius 3 is 2.63 bits per heavy atom. The standard InChI is InChI=1S/C14H11Cl2NOS/c15-11-5-2-6-13(14(11)16)19-8-12(18)9-3-1-4-10(17)7-9/h1-7H,8,17H2. The summed E-state index contributed by atoms with van der Waals surface area (Å²) in [7, 11) is 0. The zero-order valence-electron chi connectivity index (χ0n) is 9.90. The van der Waals surface area contributed by atoms with E-state index < -0.39 is 0 Å². The highest BCUT2D eigenvalue weighted by molar-refractivity contribution is 8.00. The van der Waals surface area contributed by atoms with Gasteiger partial charge < -0.3 is 5.73 Å². The Balaban J connectivity index is 2.07. The van der Waals surface area contributed by atoms with Gasteiger partial charge in [-0.3, -0.25) is 4.79 Å². The second-order valence-electron chi connectivity index (χ2n) is 3.89. The largest absolute Gasteiger partial charge is 0.399 e. The third kappa shape index (κ3) is 3.66. The van der Waals surface area contributed by atoms with Crippen LogP contribution in [0.2, 0.25) is 10.0 Å². The number of nitrogens with two attached hydrogens (primary N) is 1. The molecule has 0 saturated heterocycles. The normalized spacial score (nSPS) is 10.4. The Morgan fingerprint density at radius 2 is 1.89 bits per heavy atom. The van der Waals surface area contributed by atoms with E-state index >= 15 is 0 Å². The summed E-state index contributed by atoms with van der Waals surface area (Å²) >= 11 is 13.3. The first-order chi connectivity index (χ1) is 9.08. The molecule has 0 spiro atoms. The van der Waals surface area contributed by atoms with Crippen molar-refractivity contribution in [3.8, 4) is 0 Å². The third-order valence-corrected chi connectivity index (χ3v) is 4.47. The van der Waals surface area contributed by atoms with Crippen LogP contribution < -0.4 is 5.73 Å². The molecule has 0 aromatic heterocycles. The van der Waals surface area contributed by atoms with Crippen LogP contribution in [0.4, 0.5) is 5.69 Å². The highest BCUT2D eigenvalue weighted by Crippen LogP contribution is 2.33. The maximum atomic E-state index is 12.0. The van der Waals surface area contributed by atoms with Gasteiger partial charge in [0.1, 0.15) is 0 Å². The number of carbonyl (C=O) groups is 1. The van der Waals surface area contributed by atoms with Gasteiger partial charge in [0.05, 0.1) is 15.8 Å². The Kier molecular flexibility index (Phi) is 4.75. The van der Waals surface area contributed by atoms with Gasteiger partial charge in [0.25, 0.3) is 0 Å². The molecule has 19 heavy (non-hydrogen) atoms. The average Bonchev–Trinajstić information content (AvgIpc) is 2.40. The molecule has 2 aromatic rings. The predicted octanol–water partition coefficient (Wildman–Crippen LogP) is 4.55. The van der Waals surface area contributed by atoms with Gasteiger partial charge >= 0.3 is 0 Å². The van der Waals surface area contributed by atoms with Crippen LogP contribution in [0.1, 0.15) is 10.4 Å². The second kappa shape index (κ2) is 6.33. The van der Waals surface area contributed by atoms with E-state index in [1.54, 1.807) is 30.3 Å². The van der Waals surface area contributed by atoms with Gasteiger partial charge in [-0.2, -0.15) is 0 Å². The molecule has 0 saturated carbocycles. The van der Waals surface area contributed by atoms with Crippen LogP contribution in [0, 0.1) is 0 Å². The lowest BCUT2D eigenvalue weighted by Crippen LogP contribution is -2.03. The molecular formula is C14H11Cl2NOS. The van der Waals surface area contributed by atoms with E-state index in [4.69, 9.17) is 28.9 Å². The minimum Gasteiger partial charge on any atom is -0.399 e. The van der Waals surface area contributed by atoms with Gasteiger partial charge in [0.2, 0.25) is 0 Å². The number of Topliss-reactive ketones (excluding diaryl/α,β-unsaturated/α-hetero) is 1. The van der Waals surface area contributed by atoms with Crippen molar-refractivity contribution in [1.29, 1.82) is 0 Å². The van der Waals surface area contributed by atoms with E-state index in [0.29, 0.717) is 27.0 Å². The molecule has 2 rings (SSSR count). The van der Waals surface area contributed by atoms with Crippen molar-refractivity contribution >= 4 is 46.4 Å². The lowest BCUT2D eigenvalue weighted by Gasteiger charge is -2.05. The fraction of sp³-hybridized carbons (Fsp3) is 0.0714. The molecule has 98 valence electrons. The summed E-state index contributed by atoms with van der Waals surface area (Å²) in [6.07, 6.45) is 0. The number of anilines is 1. The number of rotatable bonds is 4. The number of hydrogen-bond donors (Lipinski definition) is 1. The second-order valence-corrected chi connectivity index (χ2v) is 5.69. The Hall–Kier alpha value is -1.16. The van der Waals surface area contributed by atoms with Crippen LogP contribution in [0.3, 0.4) is 0 Å². The summed E-state index contributed by atoms with van der Waals surface area (Å²) in [4.78, 5) is 12.8. The maximum absolute atomic E-state index is 12.0. The summed E-state index contributed by atoms with van der Waals surface area (Å²) < 4.78 is 0. The third-order valence-electron chi connectivity index (χ3n) is 2.48. The zero-order valence-corrected chi connectivity index (χ0v) is 12.2. The first kappa shape index (κ1) is 14.3. The number of ketones is 1. The van der Waals surface area contributed by atoms with E-state index in [1.807, 2.05) is 12.1 Å². The fourth-order valence-corrected chi connectivity index (χ4v) is 2.92. The first-order valence-corrected chi connectivity index (χ1v) is 7.27. The number of hydrogen-bond acceptors (Lipinski definition) is 3. The van der Waals surface area contributed by atoms with Crippen LogP contribution in [0.5, 0.6) is 0 Å². The molecule has 0 fully saturated rings. The molecular weight excluding hydrogens is 301 g/mol. The minimum atomic E-state index is 0.00772. The van der Waals surface area contributed by atoms with E-state index in [0.717, 1.165) is 4.90 Å². The molecule has 0 aliphatic carbocycles. The van der Waals surface area contributed by atoms with Crippen LogP contribution in [0.15, 0.2) is 47.4 Å². The van der Waals surface area contributed by atoms with Gasteiger partial charge in [-0.05, 0) is 24.3 Å². The molecule has 2 N–H and O–H groups in total. The Bertz CT molecular complexity index is 616. The molecule has 0 radical (unpaired) electrons. The van der Waals surface area contributed by atoms with Gasteiger partial charge in [0, 0.05) is 16.1 Å². The van der Waals surface area contributed by atoms with Crippen molar-refractivity contribution in [3.63, 3.8) is 0 Å². The SMILES string of the molecule is Nc1cccc(C(=O)CSc2cccc(Cl)c2Cl)c1. The molecule has 0 aliphatic heterocycles. The summed E-state index contributed by atoms with van der Waals surface area (Å²) in [6.45, 7) is 0. The molecule has 0 amide bonds. The highest BCUT2D eigenvalue weighted by atomic mass is 35.5. The van der Waals surface area contributed by atoms with Crippen molar-refractivity contribution in [3.05, 3.63) is 58.1 Å². The van der Waals surface area contributed by atoms with Crippen LogP contribution >= 0.6 is 35.0 Å². The van der Waals surface area contributed by atoms with E-state index in [9.17, 15) is 4.79 Å². The molecule has 2 nitrogen and oxygen atoms in total. The molecule has 2 aromatic carbocycles. The topological polar surface area (TPSA) is 43.1 Å².